The molecule has 0 aliphatic carbocycles. The number of halogens is 3. The maximum absolute atomic E-state index is 13.4. The molecule has 4 N–H and O–H groups in total. The van der Waals surface area contributed by atoms with E-state index in [4.69, 9.17) is 22.7 Å². The molecule has 0 atom stereocenters. The Bertz CT molecular complexity index is 858. The van der Waals surface area contributed by atoms with Crippen LogP contribution in [0.25, 0.3) is 0 Å². The lowest BCUT2D eigenvalue weighted by Crippen LogP contribution is -2.34. The van der Waals surface area contributed by atoms with Gasteiger partial charge in [0.1, 0.15) is 11.6 Å². The Balaban J connectivity index is 2.06. The quantitative estimate of drug-likeness (QED) is 0.450. The van der Waals surface area contributed by atoms with E-state index in [9.17, 15) is 18.0 Å². The SMILES string of the molecule is CCCCCOc1ccc(NC(=S)NC(=O)c2ccc(N)nc2)cc1C(F)(F)F. The highest BCUT2D eigenvalue weighted by Gasteiger charge is 2.34. The van der Waals surface area contributed by atoms with E-state index in [2.05, 4.69) is 15.6 Å². The van der Waals surface area contributed by atoms with Crippen LogP contribution in [-0.4, -0.2) is 22.6 Å². The number of carbonyl (C=O) groups is 1. The van der Waals surface area contributed by atoms with Crippen molar-refractivity contribution < 1.29 is 22.7 Å². The van der Waals surface area contributed by atoms with E-state index in [0.717, 1.165) is 18.9 Å². The summed E-state index contributed by atoms with van der Waals surface area (Å²) in [6.45, 7) is 2.20. The third kappa shape index (κ3) is 6.90. The van der Waals surface area contributed by atoms with Crippen molar-refractivity contribution in [3.05, 3.63) is 47.7 Å². The van der Waals surface area contributed by atoms with Gasteiger partial charge in [-0.15, -0.1) is 0 Å². The minimum atomic E-state index is -4.60. The topological polar surface area (TPSA) is 89.3 Å². The number of nitrogens with two attached hydrogens (primary N) is 1. The predicted molar refractivity (Wildman–Crippen MR) is 109 cm³/mol. The Morgan fingerprint density at radius 2 is 2.00 bits per heavy atom. The molecule has 0 fully saturated rings. The van der Waals surface area contributed by atoms with Crippen molar-refractivity contribution in [2.45, 2.75) is 32.4 Å². The van der Waals surface area contributed by atoms with Crippen molar-refractivity contribution in [3.8, 4) is 5.75 Å². The van der Waals surface area contributed by atoms with Crippen LogP contribution < -0.4 is 21.1 Å². The lowest BCUT2D eigenvalue weighted by atomic mass is 10.1. The first-order valence-corrected chi connectivity index (χ1v) is 9.29. The van der Waals surface area contributed by atoms with Crippen molar-refractivity contribution in [1.29, 1.82) is 0 Å². The molecule has 1 aromatic heterocycles. The molecule has 29 heavy (non-hydrogen) atoms. The number of hydrogen-bond donors (Lipinski definition) is 3. The van der Waals surface area contributed by atoms with E-state index >= 15 is 0 Å². The van der Waals surface area contributed by atoms with Crippen LogP contribution in [0.4, 0.5) is 24.7 Å². The third-order valence-corrected chi connectivity index (χ3v) is 4.03. The smallest absolute Gasteiger partial charge is 0.420 e. The molecule has 0 saturated heterocycles. The number of unbranched alkanes of at least 4 members (excludes halogenated alkanes) is 2. The molecule has 1 heterocycles. The van der Waals surface area contributed by atoms with Crippen molar-refractivity contribution in [2.24, 2.45) is 0 Å². The standard InChI is InChI=1S/C19H21F3N4O2S/c1-2-3-4-9-28-15-7-6-13(10-14(15)19(20,21)22)25-18(29)26-17(27)12-5-8-16(23)24-11-12/h5-8,10-11H,2-4,9H2,1H3,(H2,23,24)(H2,25,26,27,29). The average molecular weight is 426 g/mol. The number of benzene rings is 1. The Morgan fingerprint density at radius 3 is 2.62 bits per heavy atom. The molecule has 2 rings (SSSR count). The van der Waals surface area contributed by atoms with E-state index < -0.39 is 17.6 Å². The second-order valence-electron chi connectivity index (χ2n) is 6.14. The van der Waals surface area contributed by atoms with Crippen LogP contribution in [0.1, 0.15) is 42.1 Å². The summed E-state index contributed by atoms with van der Waals surface area (Å²) in [7, 11) is 0. The average Bonchev–Trinajstić information content (AvgIpc) is 2.65. The van der Waals surface area contributed by atoms with Gasteiger partial charge in [-0.05, 0) is 49.0 Å². The number of nitrogens with zero attached hydrogens (tertiary/aromatic N) is 1. The lowest BCUT2D eigenvalue weighted by Gasteiger charge is -2.16. The molecule has 0 unspecified atom stereocenters. The van der Waals surface area contributed by atoms with Crippen LogP contribution in [0, 0.1) is 0 Å². The van der Waals surface area contributed by atoms with Gasteiger partial charge in [-0.3, -0.25) is 10.1 Å². The number of carbonyl (C=O) groups excluding carboxylic acids is 1. The summed E-state index contributed by atoms with van der Waals surface area (Å²) < 4.78 is 45.4. The van der Waals surface area contributed by atoms with Gasteiger partial charge in [0, 0.05) is 11.9 Å². The molecule has 0 bridgehead atoms. The van der Waals surface area contributed by atoms with Gasteiger partial charge < -0.3 is 15.8 Å². The number of aromatic nitrogens is 1. The molecule has 0 aliphatic heterocycles. The fourth-order valence-electron chi connectivity index (χ4n) is 2.37. The highest BCUT2D eigenvalue weighted by molar-refractivity contribution is 7.80. The first kappa shape index (κ1) is 22.4. The molecule has 156 valence electrons. The van der Waals surface area contributed by atoms with Crippen LogP contribution in [0.15, 0.2) is 36.5 Å². The Kier molecular flexibility index (Phi) is 7.77. The van der Waals surface area contributed by atoms with Gasteiger partial charge in [0.25, 0.3) is 5.91 Å². The normalized spacial score (nSPS) is 11.0. The van der Waals surface area contributed by atoms with Crippen molar-refractivity contribution in [2.75, 3.05) is 17.7 Å². The predicted octanol–water partition coefficient (Wildman–Crippen LogP) is 4.38. The van der Waals surface area contributed by atoms with Crippen molar-refractivity contribution in [1.82, 2.24) is 10.3 Å². The second-order valence-corrected chi connectivity index (χ2v) is 6.55. The Morgan fingerprint density at radius 1 is 1.24 bits per heavy atom. The van der Waals surface area contributed by atoms with E-state index in [-0.39, 0.29) is 34.5 Å². The summed E-state index contributed by atoms with van der Waals surface area (Å²) in [5.41, 5.74) is 4.81. The monoisotopic (exact) mass is 426 g/mol. The minimum Gasteiger partial charge on any atom is -0.493 e. The van der Waals surface area contributed by atoms with Gasteiger partial charge in [-0.2, -0.15) is 13.2 Å². The number of thiocarbonyl (C=S) groups is 1. The van der Waals surface area contributed by atoms with E-state index in [0.29, 0.717) is 6.42 Å². The highest BCUT2D eigenvalue weighted by Crippen LogP contribution is 2.38. The minimum absolute atomic E-state index is 0.0685. The summed E-state index contributed by atoms with van der Waals surface area (Å²) >= 11 is 5.01. The van der Waals surface area contributed by atoms with Crippen molar-refractivity contribution >= 4 is 34.7 Å². The van der Waals surface area contributed by atoms with Crippen LogP contribution in [0.3, 0.4) is 0 Å². The fraction of sp³-hybridized carbons (Fsp3) is 0.316. The largest absolute Gasteiger partial charge is 0.493 e. The number of pyridine rings is 1. The second kappa shape index (κ2) is 10.1. The molecule has 0 aliphatic rings. The van der Waals surface area contributed by atoms with Crippen LogP contribution >= 0.6 is 12.2 Å². The number of nitrogens with one attached hydrogen (secondary N) is 2. The molecule has 6 nitrogen and oxygen atoms in total. The number of anilines is 2. The number of alkyl halides is 3. The van der Waals surface area contributed by atoms with E-state index in [1.807, 2.05) is 6.92 Å². The first-order chi connectivity index (χ1) is 13.7. The summed E-state index contributed by atoms with van der Waals surface area (Å²) in [5.74, 6) is -0.567. The molecule has 0 radical (unpaired) electrons. The van der Waals surface area contributed by atoms with Gasteiger partial charge in [0.15, 0.2) is 5.11 Å². The first-order valence-electron chi connectivity index (χ1n) is 8.88. The zero-order valence-corrected chi connectivity index (χ0v) is 16.5. The molecule has 1 aromatic carbocycles. The number of rotatable bonds is 7. The summed E-state index contributed by atoms with van der Waals surface area (Å²) in [6, 6.07) is 6.41. The zero-order chi connectivity index (χ0) is 21.4. The molecule has 10 heteroatoms. The highest BCUT2D eigenvalue weighted by atomic mass is 32.1. The Labute approximate surface area is 171 Å². The number of ether oxygens (including phenoxy) is 1. The van der Waals surface area contributed by atoms with Gasteiger partial charge in [0.2, 0.25) is 0 Å². The molecular weight excluding hydrogens is 405 g/mol. The van der Waals surface area contributed by atoms with Crippen molar-refractivity contribution in [3.63, 3.8) is 0 Å². The Hall–Kier alpha value is -2.88. The molecule has 1 amide bonds. The van der Waals surface area contributed by atoms with Gasteiger partial charge in [-0.25, -0.2) is 4.98 Å². The number of nitrogen functional groups attached to an aromatic ring is 1. The lowest BCUT2D eigenvalue weighted by molar-refractivity contribution is -0.138. The maximum atomic E-state index is 13.4. The van der Waals surface area contributed by atoms with Gasteiger partial charge in [0.05, 0.1) is 17.7 Å². The van der Waals surface area contributed by atoms with Crippen LogP contribution in [0.2, 0.25) is 0 Å². The molecule has 0 saturated carbocycles. The fourth-order valence-corrected chi connectivity index (χ4v) is 2.58. The number of amides is 1. The van der Waals surface area contributed by atoms with E-state index in [1.165, 1.54) is 30.5 Å². The molecular formula is C19H21F3N4O2S. The van der Waals surface area contributed by atoms with Gasteiger partial charge in [-0.1, -0.05) is 19.8 Å². The molecule has 2 aromatic rings. The number of hydrogen-bond acceptors (Lipinski definition) is 5. The third-order valence-electron chi connectivity index (χ3n) is 3.82. The maximum Gasteiger partial charge on any atom is 0.420 e. The summed E-state index contributed by atoms with van der Waals surface area (Å²) in [4.78, 5) is 15.9. The van der Waals surface area contributed by atoms with E-state index in [1.54, 1.807) is 0 Å². The summed E-state index contributed by atoms with van der Waals surface area (Å²) in [6.07, 6.45) is -0.853. The van der Waals surface area contributed by atoms with Gasteiger partial charge >= 0.3 is 6.18 Å². The van der Waals surface area contributed by atoms with Crippen LogP contribution in [-0.2, 0) is 6.18 Å². The zero-order valence-electron chi connectivity index (χ0n) is 15.7. The molecule has 0 spiro atoms. The summed E-state index contributed by atoms with van der Waals surface area (Å²) in [5, 5.41) is 4.79. The van der Waals surface area contributed by atoms with Crippen LogP contribution in [0.5, 0.6) is 5.75 Å².